The minimum absolute atomic E-state index is 0.286. The van der Waals surface area contributed by atoms with E-state index in [0.29, 0.717) is 11.7 Å². The maximum absolute atomic E-state index is 11.5. The monoisotopic (exact) mass is 253 g/mol. The fraction of sp³-hybridized carbons (Fsp3) is 0.818. The van der Waals surface area contributed by atoms with E-state index in [1.807, 2.05) is 20.8 Å². The molecular weight excluding hydrogens is 234 g/mol. The average molecular weight is 253 g/mol. The van der Waals surface area contributed by atoms with E-state index in [2.05, 4.69) is 20.8 Å². The number of carbonyl (C=O) groups excluding carboxylic acids is 1. The van der Waals surface area contributed by atoms with Crippen molar-refractivity contribution in [3.05, 3.63) is 5.82 Å². The van der Waals surface area contributed by atoms with Gasteiger partial charge in [0.1, 0.15) is 5.60 Å². The van der Waals surface area contributed by atoms with Gasteiger partial charge >= 0.3 is 6.09 Å². The van der Waals surface area contributed by atoms with Crippen LogP contribution in [0.4, 0.5) is 4.79 Å². The normalized spacial score (nSPS) is 15.5. The predicted molar refractivity (Wildman–Crippen MR) is 63.6 cm³/mol. The summed E-state index contributed by atoms with van der Waals surface area (Å²) in [4.78, 5) is 11.5. The van der Waals surface area contributed by atoms with E-state index in [4.69, 9.17) is 4.74 Å². The molecule has 1 aromatic rings. The standard InChI is InChI=1S/C11H19N5O2/c1-11(2,3)18-10(17)12-6-9-13-14-15-16(9)7-8-4-5-8/h8H,4-7H2,1-3H3,(H,12,17). The Balaban J connectivity index is 1.82. The molecule has 100 valence electrons. The predicted octanol–water partition coefficient (Wildman–Crippen LogP) is 1.11. The number of rotatable bonds is 4. The number of nitrogens with zero attached hydrogens (tertiary/aromatic N) is 4. The van der Waals surface area contributed by atoms with Crippen molar-refractivity contribution in [2.24, 2.45) is 5.92 Å². The highest BCUT2D eigenvalue weighted by atomic mass is 16.6. The minimum Gasteiger partial charge on any atom is -0.444 e. The Morgan fingerprint density at radius 2 is 2.22 bits per heavy atom. The van der Waals surface area contributed by atoms with Crippen molar-refractivity contribution in [2.45, 2.75) is 52.3 Å². The Kier molecular flexibility index (Phi) is 3.49. The molecule has 1 N–H and O–H groups in total. The molecule has 1 fully saturated rings. The fourth-order valence-corrected chi connectivity index (χ4v) is 1.50. The molecule has 1 aliphatic rings. The molecule has 0 unspecified atom stereocenters. The molecule has 18 heavy (non-hydrogen) atoms. The smallest absolute Gasteiger partial charge is 0.408 e. The van der Waals surface area contributed by atoms with Crippen LogP contribution < -0.4 is 5.32 Å². The van der Waals surface area contributed by atoms with E-state index in [1.54, 1.807) is 4.68 Å². The molecule has 1 aromatic heterocycles. The highest BCUT2D eigenvalue weighted by Crippen LogP contribution is 2.30. The quantitative estimate of drug-likeness (QED) is 0.869. The lowest BCUT2D eigenvalue weighted by molar-refractivity contribution is 0.0521. The van der Waals surface area contributed by atoms with Crippen molar-refractivity contribution in [3.63, 3.8) is 0 Å². The lowest BCUT2D eigenvalue weighted by atomic mass is 10.2. The summed E-state index contributed by atoms with van der Waals surface area (Å²) in [7, 11) is 0. The van der Waals surface area contributed by atoms with Gasteiger partial charge in [0, 0.05) is 6.54 Å². The van der Waals surface area contributed by atoms with Gasteiger partial charge in [-0.3, -0.25) is 0 Å². The number of hydrogen-bond donors (Lipinski definition) is 1. The molecule has 1 amide bonds. The van der Waals surface area contributed by atoms with Crippen LogP contribution in [0.25, 0.3) is 0 Å². The zero-order valence-electron chi connectivity index (χ0n) is 11.0. The summed E-state index contributed by atoms with van der Waals surface area (Å²) in [5.41, 5.74) is -0.496. The summed E-state index contributed by atoms with van der Waals surface area (Å²) < 4.78 is 6.89. The molecule has 1 heterocycles. The third kappa shape index (κ3) is 3.97. The number of aromatic nitrogens is 4. The van der Waals surface area contributed by atoms with Gasteiger partial charge in [0.05, 0.1) is 6.54 Å². The van der Waals surface area contributed by atoms with Crippen LogP contribution in [0, 0.1) is 5.92 Å². The Hall–Kier alpha value is -1.66. The Labute approximate surface area is 106 Å². The number of hydrogen-bond acceptors (Lipinski definition) is 5. The number of amides is 1. The first-order valence-corrected chi connectivity index (χ1v) is 6.16. The number of carbonyl (C=O) groups is 1. The summed E-state index contributed by atoms with van der Waals surface area (Å²) in [6.07, 6.45) is 2.01. The van der Waals surface area contributed by atoms with Crippen LogP contribution in [-0.4, -0.2) is 31.9 Å². The van der Waals surface area contributed by atoms with Crippen molar-refractivity contribution in [3.8, 4) is 0 Å². The second kappa shape index (κ2) is 4.91. The maximum Gasteiger partial charge on any atom is 0.408 e. The van der Waals surface area contributed by atoms with E-state index in [9.17, 15) is 4.79 Å². The van der Waals surface area contributed by atoms with Gasteiger partial charge < -0.3 is 10.1 Å². The maximum atomic E-state index is 11.5. The van der Waals surface area contributed by atoms with Gasteiger partial charge in [0.25, 0.3) is 0 Å². The van der Waals surface area contributed by atoms with E-state index >= 15 is 0 Å². The molecule has 0 spiro atoms. The first kappa shape index (κ1) is 12.8. The van der Waals surface area contributed by atoms with Crippen molar-refractivity contribution >= 4 is 6.09 Å². The number of nitrogens with one attached hydrogen (secondary N) is 1. The third-order valence-corrected chi connectivity index (χ3v) is 2.52. The van der Waals surface area contributed by atoms with Gasteiger partial charge in [-0.05, 0) is 50.0 Å². The van der Waals surface area contributed by atoms with Crippen molar-refractivity contribution in [2.75, 3.05) is 0 Å². The largest absolute Gasteiger partial charge is 0.444 e. The minimum atomic E-state index is -0.496. The second-order valence-electron chi connectivity index (χ2n) is 5.58. The van der Waals surface area contributed by atoms with Gasteiger partial charge in [-0.25, -0.2) is 9.48 Å². The molecule has 1 aliphatic carbocycles. The number of ether oxygens (including phenoxy) is 1. The van der Waals surface area contributed by atoms with Gasteiger partial charge in [-0.1, -0.05) is 0 Å². The molecule has 0 aromatic carbocycles. The first-order valence-electron chi connectivity index (χ1n) is 6.16. The lowest BCUT2D eigenvalue weighted by Crippen LogP contribution is -2.32. The van der Waals surface area contributed by atoms with Crippen LogP contribution in [0.1, 0.15) is 39.4 Å². The molecule has 0 aliphatic heterocycles. The number of tetrazole rings is 1. The Morgan fingerprint density at radius 1 is 1.50 bits per heavy atom. The van der Waals surface area contributed by atoms with Crippen molar-refractivity contribution in [1.29, 1.82) is 0 Å². The lowest BCUT2D eigenvalue weighted by Gasteiger charge is -2.19. The molecule has 7 nitrogen and oxygen atoms in total. The molecule has 0 bridgehead atoms. The molecule has 0 radical (unpaired) electrons. The van der Waals surface area contributed by atoms with Gasteiger partial charge in [-0.15, -0.1) is 5.10 Å². The van der Waals surface area contributed by atoms with E-state index in [0.717, 1.165) is 6.54 Å². The van der Waals surface area contributed by atoms with Gasteiger partial charge in [-0.2, -0.15) is 0 Å². The molecule has 7 heteroatoms. The van der Waals surface area contributed by atoms with Gasteiger partial charge in [0.15, 0.2) is 5.82 Å². The zero-order valence-corrected chi connectivity index (χ0v) is 11.0. The molecule has 2 rings (SSSR count). The highest BCUT2D eigenvalue weighted by molar-refractivity contribution is 5.67. The van der Waals surface area contributed by atoms with E-state index in [1.165, 1.54) is 12.8 Å². The van der Waals surface area contributed by atoms with Crippen LogP contribution in [0.3, 0.4) is 0 Å². The van der Waals surface area contributed by atoms with E-state index in [-0.39, 0.29) is 6.54 Å². The van der Waals surface area contributed by atoms with Crippen molar-refractivity contribution < 1.29 is 9.53 Å². The van der Waals surface area contributed by atoms with E-state index < -0.39 is 11.7 Å². The van der Waals surface area contributed by atoms with Crippen LogP contribution in [0.2, 0.25) is 0 Å². The molecule has 1 saturated carbocycles. The number of alkyl carbamates (subject to hydrolysis) is 1. The second-order valence-corrected chi connectivity index (χ2v) is 5.58. The molecule has 0 saturated heterocycles. The summed E-state index contributed by atoms with van der Waals surface area (Å²) in [6, 6.07) is 0. The van der Waals surface area contributed by atoms with Gasteiger partial charge in [0.2, 0.25) is 0 Å². The summed E-state index contributed by atoms with van der Waals surface area (Å²) in [5, 5.41) is 14.1. The zero-order chi connectivity index (χ0) is 13.2. The first-order chi connectivity index (χ1) is 8.44. The fourth-order valence-electron chi connectivity index (χ4n) is 1.50. The van der Waals surface area contributed by atoms with Crippen molar-refractivity contribution in [1.82, 2.24) is 25.5 Å². The van der Waals surface area contributed by atoms with Crippen LogP contribution >= 0.6 is 0 Å². The summed E-state index contributed by atoms with van der Waals surface area (Å²) in [6.45, 7) is 6.59. The Bertz CT molecular complexity index is 419. The summed E-state index contributed by atoms with van der Waals surface area (Å²) in [5.74, 6) is 1.35. The average Bonchev–Trinajstić information content (AvgIpc) is 2.92. The Morgan fingerprint density at radius 3 is 2.83 bits per heavy atom. The van der Waals surface area contributed by atoms with Crippen LogP contribution in [0.15, 0.2) is 0 Å². The SMILES string of the molecule is CC(C)(C)OC(=O)NCc1nnnn1CC1CC1. The highest BCUT2D eigenvalue weighted by Gasteiger charge is 2.24. The van der Waals surface area contributed by atoms with Crippen LogP contribution in [0.5, 0.6) is 0 Å². The van der Waals surface area contributed by atoms with Crippen LogP contribution in [-0.2, 0) is 17.8 Å². The topological polar surface area (TPSA) is 81.9 Å². The molecular formula is C11H19N5O2. The molecule has 0 atom stereocenters. The summed E-state index contributed by atoms with van der Waals surface area (Å²) >= 11 is 0. The third-order valence-electron chi connectivity index (χ3n) is 2.52.